The number of amides is 1. The molecule has 0 aliphatic heterocycles. The summed E-state index contributed by atoms with van der Waals surface area (Å²) in [6.45, 7) is 1.99. The van der Waals surface area contributed by atoms with Gasteiger partial charge in [0.05, 0.1) is 0 Å². The van der Waals surface area contributed by atoms with E-state index in [0.29, 0.717) is 17.8 Å². The minimum absolute atomic E-state index is 0.0583. The van der Waals surface area contributed by atoms with Gasteiger partial charge in [0, 0.05) is 25.4 Å². The van der Waals surface area contributed by atoms with Gasteiger partial charge < -0.3 is 9.88 Å². The summed E-state index contributed by atoms with van der Waals surface area (Å²) < 4.78 is 0. The number of aromatic amines is 1. The second-order valence-corrected chi connectivity index (χ2v) is 5.66. The van der Waals surface area contributed by atoms with Crippen LogP contribution in [0.1, 0.15) is 33.3 Å². The van der Waals surface area contributed by atoms with Crippen LogP contribution in [-0.2, 0) is 6.54 Å². The number of ketones is 1. The molecule has 3 rings (SSSR count). The molecule has 0 radical (unpaired) electrons. The maximum Gasteiger partial charge on any atom is 0.270 e. The molecule has 1 aromatic heterocycles. The first-order chi connectivity index (χ1) is 11.1. The summed E-state index contributed by atoms with van der Waals surface area (Å²) in [6, 6.07) is 15.8. The van der Waals surface area contributed by atoms with Crippen molar-refractivity contribution < 1.29 is 9.59 Å². The molecular formula is C19H18N2O2. The average molecular weight is 306 g/mol. The van der Waals surface area contributed by atoms with Crippen molar-refractivity contribution in [3.63, 3.8) is 0 Å². The van der Waals surface area contributed by atoms with Crippen LogP contribution in [0.25, 0.3) is 10.8 Å². The standard InChI is InChI=1S/C19H18N2O2/c1-13(22)16-10-18(20-11-16)19(23)21(2)12-15-8-5-7-14-6-3-4-9-17(14)15/h3-11,20H,12H2,1-2H3. The Morgan fingerprint density at radius 2 is 1.83 bits per heavy atom. The highest BCUT2D eigenvalue weighted by Crippen LogP contribution is 2.20. The highest BCUT2D eigenvalue weighted by molar-refractivity contribution is 5.99. The third kappa shape index (κ3) is 3.01. The van der Waals surface area contributed by atoms with Crippen LogP contribution in [0, 0.1) is 0 Å². The van der Waals surface area contributed by atoms with Crippen molar-refractivity contribution in [3.05, 3.63) is 71.5 Å². The molecule has 4 nitrogen and oxygen atoms in total. The number of aromatic nitrogens is 1. The van der Waals surface area contributed by atoms with Crippen LogP contribution >= 0.6 is 0 Å². The lowest BCUT2D eigenvalue weighted by Gasteiger charge is -2.17. The molecule has 1 amide bonds. The van der Waals surface area contributed by atoms with Gasteiger partial charge in [0.1, 0.15) is 5.69 Å². The van der Waals surface area contributed by atoms with E-state index >= 15 is 0 Å². The Balaban J connectivity index is 1.83. The molecular weight excluding hydrogens is 288 g/mol. The predicted octanol–water partition coefficient (Wildman–Crippen LogP) is 3.64. The quantitative estimate of drug-likeness (QED) is 0.748. The van der Waals surface area contributed by atoms with Gasteiger partial charge in [-0.3, -0.25) is 9.59 Å². The van der Waals surface area contributed by atoms with E-state index in [0.717, 1.165) is 16.3 Å². The topological polar surface area (TPSA) is 53.2 Å². The molecule has 0 saturated heterocycles. The first-order valence-corrected chi connectivity index (χ1v) is 7.47. The van der Waals surface area contributed by atoms with Gasteiger partial charge in [0.2, 0.25) is 0 Å². The number of hydrogen-bond donors (Lipinski definition) is 1. The van der Waals surface area contributed by atoms with E-state index in [1.54, 1.807) is 24.2 Å². The molecule has 0 atom stereocenters. The van der Waals surface area contributed by atoms with Crippen molar-refractivity contribution in [2.24, 2.45) is 0 Å². The highest BCUT2D eigenvalue weighted by atomic mass is 16.2. The van der Waals surface area contributed by atoms with Crippen LogP contribution in [0.3, 0.4) is 0 Å². The van der Waals surface area contributed by atoms with E-state index in [4.69, 9.17) is 0 Å². The molecule has 0 aliphatic rings. The van der Waals surface area contributed by atoms with Crippen molar-refractivity contribution in [2.45, 2.75) is 13.5 Å². The van der Waals surface area contributed by atoms with Crippen LogP contribution in [0.4, 0.5) is 0 Å². The van der Waals surface area contributed by atoms with E-state index in [2.05, 4.69) is 23.2 Å². The molecule has 0 saturated carbocycles. The number of Topliss-reactive ketones (excluding diaryl/α,β-unsaturated/α-hetero) is 1. The maximum absolute atomic E-state index is 12.5. The fourth-order valence-corrected chi connectivity index (χ4v) is 2.68. The molecule has 4 heteroatoms. The summed E-state index contributed by atoms with van der Waals surface area (Å²) in [6.07, 6.45) is 1.57. The third-order valence-electron chi connectivity index (χ3n) is 3.95. The summed E-state index contributed by atoms with van der Waals surface area (Å²) >= 11 is 0. The number of carbonyl (C=O) groups excluding carboxylic acids is 2. The van der Waals surface area contributed by atoms with Gasteiger partial charge in [0.15, 0.2) is 5.78 Å². The van der Waals surface area contributed by atoms with E-state index in [1.807, 2.05) is 24.3 Å². The average Bonchev–Trinajstić information content (AvgIpc) is 3.04. The first-order valence-electron chi connectivity index (χ1n) is 7.47. The Hall–Kier alpha value is -2.88. The molecule has 0 unspecified atom stereocenters. The minimum Gasteiger partial charge on any atom is -0.356 e. The Morgan fingerprint density at radius 1 is 1.09 bits per heavy atom. The van der Waals surface area contributed by atoms with Crippen molar-refractivity contribution in [3.8, 4) is 0 Å². The number of carbonyl (C=O) groups is 2. The molecule has 0 aliphatic carbocycles. The number of H-pyrrole nitrogens is 1. The smallest absolute Gasteiger partial charge is 0.270 e. The monoisotopic (exact) mass is 306 g/mol. The highest BCUT2D eigenvalue weighted by Gasteiger charge is 2.16. The van der Waals surface area contributed by atoms with Crippen molar-refractivity contribution in [2.75, 3.05) is 7.05 Å². The predicted molar refractivity (Wildman–Crippen MR) is 90.5 cm³/mol. The third-order valence-corrected chi connectivity index (χ3v) is 3.95. The summed E-state index contributed by atoms with van der Waals surface area (Å²) in [4.78, 5) is 28.4. The van der Waals surface area contributed by atoms with Gasteiger partial charge in [-0.1, -0.05) is 42.5 Å². The van der Waals surface area contributed by atoms with Gasteiger partial charge in [-0.15, -0.1) is 0 Å². The van der Waals surface area contributed by atoms with Crippen LogP contribution in [0.15, 0.2) is 54.7 Å². The van der Waals surface area contributed by atoms with Gasteiger partial charge in [-0.2, -0.15) is 0 Å². The molecule has 116 valence electrons. The SMILES string of the molecule is CC(=O)c1c[nH]c(C(=O)N(C)Cc2cccc3ccccc23)c1. The molecule has 0 bridgehead atoms. The van der Waals surface area contributed by atoms with E-state index in [1.165, 1.54) is 6.92 Å². The number of fused-ring (bicyclic) bond motifs is 1. The normalized spacial score (nSPS) is 10.7. The zero-order chi connectivity index (χ0) is 16.4. The van der Waals surface area contributed by atoms with Crippen LogP contribution in [-0.4, -0.2) is 28.6 Å². The first kappa shape index (κ1) is 15.0. The lowest BCUT2D eigenvalue weighted by Crippen LogP contribution is -2.26. The molecule has 0 spiro atoms. The number of benzene rings is 2. The molecule has 3 aromatic rings. The lowest BCUT2D eigenvalue weighted by atomic mass is 10.0. The second-order valence-electron chi connectivity index (χ2n) is 5.66. The second kappa shape index (κ2) is 6.08. The Bertz CT molecular complexity index is 874. The Morgan fingerprint density at radius 3 is 2.57 bits per heavy atom. The molecule has 1 heterocycles. The van der Waals surface area contributed by atoms with Gasteiger partial charge in [-0.05, 0) is 29.3 Å². The number of nitrogens with zero attached hydrogens (tertiary/aromatic N) is 1. The molecule has 0 fully saturated rings. The summed E-state index contributed by atoms with van der Waals surface area (Å²) in [5.41, 5.74) is 2.04. The summed E-state index contributed by atoms with van der Waals surface area (Å²) in [5, 5.41) is 2.30. The van der Waals surface area contributed by atoms with Gasteiger partial charge in [0.25, 0.3) is 5.91 Å². The number of nitrogens with one attached hydrogen (secondary N) is 1. The fraction of sp³-hybridized carbons (Fsp3) is 0.158. The fourth-order valence-electron chi connectivity index (χ4n) is 2.68. The van der Waals surface area contributed by atoms with Crippen LogP contribution in [0.2, 0.25) is 0 Å². The largest absolute Gasteiger partial charge is 0.356 e. The van der Waals surface area contributed by atoms with Crippen molar-refractivity contribution >= 4 is 22.5 Å². The van der Waals surface area contributed by atoms with Crippen LogP contribution in [0.5, 0.6) is 0 Å². The number of rotatable bonds is 4. The van der Waals surface area contributed by atoms with E-state index in [9.17, 15) is 9.59 Å². The Labute approximate surface area is 134 Å². The molecule has 1 N–H and O–H groups in total. The van der Waals surface area contributed by atoms with E-state index in [-0.39, 0.29) is 11.7 Å². The Kier molecular flexibility index (Phi) is 3.98. The lowest BCUT2D eigenvalue weighted by molar-refractivity contribution is 0.0780. The van der Waals surface area contributed by atoms with Crippen LogP contribution < -0.4 is 0 Å². The minimum atomic E-state index is -0.134. The zero-order valence-electron chi connectivity index (χ0n) is 13.2. The van der Waals surface area contributed by atoms with E-state index < -0.39 is 0 Å². The van der Waals surface area contributed by atoms with Crippen molar-refractivity contribution in [1.82, 2.24) is 9.88 Å². The van der Waals surface area contributed by atoms with Gasteiger partial charge >= 0.3 is 0 Å². The summed E-state index contributed by atoms with van der Waals surface area (Å²) in [7, 11) is 1.76. The summed E-state index contributed by atoms with van der Waals surface area (Å²) in [5.74, 6) is -0.192. The molecule has 2 aromatic carbocycles. The van der Waals surface area contributed by atoms with Crippen molar-refractivity contribution in [1.29, 1.82) is 0 Å². The number of hydrogen-bond acceptors (Lipinski definition) is 2. The zero-order valence-corrected chi connectivity index (χ0v) is 13.2. The van der Waals surface area contributed by atoms with Gasteiger partial charge in [-0.25, -0.2) is 0 Å². The maximum atomic E-state index is 12.5. The molecule has 23 heavy (non-hydrogen) atoms.